The van der Waals surface area contributed by atoms with Crippen molar-refractivity contribution in [1.29, 1.82) is 0 Å². The summed E-state index contributed by atoms with van der Waals surface area (Å²) < 4.78 is 16.9. The molecule has 0 spiro atoms. The van der Waals surface area contributed by atoms with Gasteiger partial charge in [-0.3, -0.25) is 4.79 Å². The second-order valence-corrected chi connectivity index (χ2v) is 9.09. The van der Waals surface area contributed by atoms with Crippen LogP contribution >= 0.6 is 0 Å². The van der Waals surface area contributed by atoms with Gasteiger partial charge in [0.05, 0.1) is 32.4 Å². The van der Waals surface area contributed by atoms with Crippen LogP contribution in [0.1, 0.15) is 21.5 Å². The molecule has 190 valence electrons. The first kappa shape index (κ1) is 24.5. The van der Waals surface area contributed by atoms with Crippen LogP contribution in [0.2, 0.25) is 0 Å². The lowest BCUT2D eigenvalue weighted by molar-refractivity contribution is 0.0912. The number of methoxy groups -OCH3 is 2. The van der Waals surface area contributed by atoms with E-state index < -0.39 is 6.04 Å². The van der Waals surface area contributed by atoms with Crippen molar-refractivity contribution in [3.05, 3.63) is 90.1 Å². The van der Waals surface area contributed by atoms with Gasteiger partial charge in [-0.2, -0.15) is 0 Å². The Kier molecular flexibility index (Phi) is 6.88. The van der Waals surface area contributed by atoms with Gasteiger partial charge in [-0.25, -0.2) is 0 Å². The predicted molar refractivity (Wildman–Crippen MR) is 144 cm³/mol. The van der Waals surface area contributed by atoms with Crippen LogP contribution in [0.4, 0.5) is 0 Å². The third kappa shape index (κ3) is 4.78. The standard InChI is InChI=1S/C30H30N2O5/c1-4-23-13-20-11-19(18-9-10-27(35-2)28(15-18)36-3)14-25(29(20)37-23)30(34)32-22(17-33)12-21-16-31-26-8-6-5-7-24(21)26/h4-11,14-16,22-23,31,33H,1,12-13,17H2,2-3H3,(H,32,34)/t22?,23-/m0/s1. The van der Waals surface area contributed by atoms with Crippen molar-refractivity contribution >= 4 is 16.8 Å². The number of ether oxygens (including phenoxy) is 3. The molecule has 7 heteroatoms. The first-order chi connectivity index (χ1) is 18.0. The normalized spacial score (nSPS) is 15.1. The van der Waals surface area contributed by atoms with Crippen LogP contribution in [0.25, 0.3) is 22.0 Å². The van der Waals surface area contributed by atoms with Crippen LogP contribution in [0, 0.1) is 0 Å². The van der Waals surface area contributed by atoms with Gasteiger partial charge in [-0.1, -0.05) is 36.9 Å². The summed E-state index contributed by atoms with van der Waals surface area (Å²) in [5, 5.41) is 14.2. The number of benzene rings is 3. The van der Waals surface area contributed by atoms with Gasteiger partial charge in [-0.05, 0) is 59.0 Å². The van der Waals surface area contributed by atoms with E-state index in [4.69, 9.17) is 14.2 Å². The molecule has 1 unspecified atom stereocenters. The fourth-order valence-corrected chi connectivity index (χ4v) is 4.86. The number of aliphatic hydroxyl groups is 1. The molecule has 2 heterocycles. The van der Waals surface area contributed by atoms with Crippen molar-refractivity contribution in [3.8, 4) is 28.4 Å². The van der Waals surface area contributed by atoms with E-state index in [0.717, 1.165) is 33.2 Å². The number of hydrogen-bond acceptors (Lipinski definition) is 5. The van der Waals surface area contributed by atoms with Crippen molar-refractivity contribution in [2.45, 2.75) is 25.0 Å². The van der Waals surface area contributed by atoms with Gasteiger partial charge in [0.15, 0.2) is 11.5 Å². The maximum atomic E-state index is 13.6. The fraction of sp³-hybridized carbons (Fsp3) is 0.233. The van der Waals surface area contributed by atoms with E-state index in [9.17, 15) is 9.90 Å². The Morgan fingerprint density at radius 2 is 1.97 bits per heavy atom. The van der Waals surface area contributed by atoms with E-state index in [0.29, 0.717) is 35.7 Å². The van der Waals surface area contributed by atoms with Crippen molar-refractivity contribution in [2.24, 2.45) is 0 Å². The van der Waals surface area contributed by atoms with Gasteiger partial charge in [0.1, 0.15) is 11.9 Å². The summed E-state index contributed by atoms with van der Waals surface area (Å²) in [6, 6.07) is 17.0. The maximum Gasteiger partial charge on any atom is 0.255 e. The number of fused-ring (bicyclic) bond motifs is 2. The zero-order valence-corrected chi connectivity index (χ0v) is 20.9. The summed E-state index contributed by atoms with van der Waals surface area (Å²) in [6.45, 7) is 3.66. The minimum absolute atomic E-state index is 0.195. The summed E-state index contributed by atoms with van der Waals surface area (Å²) in [7, 11) is 3.18. The van der Waals surface area contributed by atoms with E-state index >= 15 is 0 Å². The fourth-order valence-electron chi connectivity index (χ4n) is 4.86. The number of aromatic nitrogens is 1. The van der Waals surface area contributed by atoms with Gasteiger partial charge in [-0.15, -0.1) is 0 Å². The van der Waals surface area contributed by atoms with Gasteiger partial charge in [0, 0.05) is 23.5 Å². The van der Waals surface area contributed by atoms with Crippen molar-refractivity contribution < 1.29 is 24.1 Å². The Labute approximate surface area is 215 Å². The van der Waals surface area contributed by atoms with Gasteiger partial charge in [0.25, 0.3) is 5.91 Å². The molecule has 1 aliphatic rings. The summed E-state index contributed by atoms with van der Waals surface area (Å²) in [4.78, 5) is 16.8. The topological polar surface area (TPSA) is 92.8 Å². The number of carbonyl (C=O) groups is 1. The molecule has 0 fully saturated rings. The van der Waals surface area contributed by atoms with Crippen LogP contribution in [-0.4, -0.2) is 49.0 Å². The number of hydrogen-bond donors (Lipinski definition) is 3. The molecule has 1 aliphatic heterocycles. The number of nitrogens with one attached hydrogen (secondary N) is 2. The van der Waals surface area contributed by atoms with Gasteiger partial charge < -0.3 is 29.6 Å². The molecule has 0 bridgehead atoms. The molecule has 5 rings (SSSR count). The number of rotatable bonds is 9. The Hall–Kier alpha value is -4.23. The van der Waals surface area contributed by atoms with Crippen LogP contribution in [-0.2, 0) is 12.8 Å². The second-order valence-electron chi connectivity index (χ2n) is 9.09. The molecular formula is C30H30N2O5. The summed E-state index contributed by atoms with van der Waals surface area (Å²) in [5.74, 6) is 1.48. The summed E-state index contributed by atoms with van der Waals surface area (Å²) >= 11 is 0. The first-order valence-electron chi connectivity index (χ1n) is 12.2. The number of amides is 1. The van der Waals surface area contributed by atoms with Gasteiger partial charge >= 0.3 is 0 Å². The second kappa shape index (κ2) is 10.4. The lowest BCUT2D eigenvalue weighted by Gasteiger charge is -2.18. The number of H-pyrrole nitrogens is 1. The highest BCUT2D eigenvalue weighted by Crippen LogP contribution is 2.39. The third-order valence-corrected chi connectivity index (χ3v) is 6.78. The Morgan fingerprint density at radius 1 is 1.16 bits per heavy atom. The number of aliphatic hydroxyl groups excluding tert-OH is 1. The van der Waals surface area contributed by atoms with E-state index in [1.165, 1.54) is 0 Å². The molecule has 0 aliphatic carbocycles. The highest BCUT2D eigenvalue weighted by molar-refractivity contribution is 5.99. The van der Waals surface area contributed by atoms with Gasteiger partial charge in [0.2, 0.25) is 0 Å². The summed E-state index contributed by atoms with van der Waals surface area (Å²) in [6.07, 6.45) is 4.57. The summed E-state index contributed by atoms with van der Waals surface area (Å²) in [5.41, 5.74) is 5.14. The molecule has 4 aromatic rings. The van der Waals surface area contributed by atoms with Crippen LogP contribution in [0.5, 0.6) is 17.2 Å². The van der Waals surface area contributed by atoms with E-state index in [1.807, 2.05) is 60.8 Å². The molecule has 37 heavy (non-hydrogen) atoms. The smallest absolute Gasteiger partial charge is 0.255 e. The number of para-hydroxylation sites is 1. The lowest BCUT2D eigenvalue weighted by atomic mass is 9.96. The minimum Gasteiger partial charge on any atom is -0.493 e. The molecule has 7 nitrogen and oxygen atoms in total. The molecule has 1 amide bonds. The van der Waals surface area contributed by atoms with Crippen LogP contribution in [0.15, 0.2) is 73.4 Å². The average Bonchev–Trinajstić information content (AvgIpc) is 3.55. The van der Waals surface area contributed by atoms with E-state index in [-0.39, 0.29) is 18.6 Å². The zero-order valence-electron chi connectivity index (χ0n) is 20.9. The average molecular weight is 499 g/mol. The molecule has 1 aromatic heterocycles. The SMILES string of the molecule is C=C[C@H]1Cc2cc(-c3ccc(OC)c(OC)c3)cc(C(=O)NC(CO)Cc3c[nH]c4ccccc34)c2O1. The molecule has 3 N–H and O–H groups in total. The Balaban J connectivity index is 1.47. The molecule has 0 saturated carbocycles. The monoisotopic (exact) mass is 498 g/mol. The molecule has 0 radical (unpaired) electrons. The Morgan fingerprint density at radius 3 is 2.73 bits per heavy atom. The highest BCUT2D eigenvalue weighted by atomic mass is 16.5. The quantitative estimate of drug-likeness (QED) is 0.292. The largest absolute Gasteiger partial charge is 0.493 e. The van der Waals surface area contributed by atoms with Crippen LogP contribution < -0.4 is 19.5 Å². The Bertz CT molecular complexity index is 1460. The molecular weight excluding hydrogens is 468 g/mol. The van der Waals surface area contributed by atoms with E-state index in [2.05, 4.69) is 16.9 Å². The number of carbonyl (C=O) groups excluding carboxylic acids is 1. The number of aromatic amines is 1. The highest BCUT2D eigenvalue weighted by Gasteiger charge is 2.28. The van der Waals surface area contributed by atoms with E-state index in [1.54, 1.807) is 20.3 Å². The molecule has 0 saturated heterocycles. The van der Waals surface area contributed by atoms with Crippen LogP contribution in [0.3, 0.4) is 0 Å². The van der Waals surface area contributed by atoms with Crippen molar-refractivity contribution in [1.82, 2.24) is 10.3 Å². The first-order valence-corrected chi connectivity index (χ1v) is 12.2. The third-order valence-electron chi connectivity index (χ3n) is 6.78. The predicted octanol–water partition coefficient (Wildman–Crippen LogP) is 4.68. The minimum atomic E-state index is -0.469. The molecule has 3 aromatic carbocycles. The lowest BCUT2D eigenvalue weighted by Crippen LogP contribution is -2.39. The van der Waals surface area contributed by atoms with Crippen molar-refractivity contribution in [2.75, 3.05) is 20.8 Å². The van der Waals surface area contributed by atoms with Crippen molar-refractivity contribution in [3.63, 3.8) is 0 Å². The molecule has 2 atom stereocenters. The zero-order chi connectivity index (χ0) is 25.9. The maximum absolute atomic E-state index is 13.6.